The van der Waals surface area contributed by atoms with Gasteiger partial charge in [0.1, 0.15) is 18.1 Å². The molecule has 0 radical (unpaired) electrons. The highest BCUT2D eigenvalue weighted by atomic mass is 16.6. The summed E-state index contributed by atoms with van der Waals surface area (Å²) < 4.78 is 17.2. The third-order valence-corrected chi connectivity index (χ3v) is 5.12. The number of nitro groups is 1. The van der Waals surface area contributed by atoms with E-state index in [1.165, 1.54) is 18.3 Å². The Morgan fingerprint density at radius 1 is 1.12 bits per heavy atom. The van der Waals surface area contributed by atoms with Crippen molar-refractivity contribution in [1.29, 1.82) is 0 Å². The number of benzene rings is 2. The van der Waals surface area contributed by atoms with Crippen LogP contribution in [-0.4, -0.2) is 29.8 Å². The van der Waals surface area contributed by atoms with Crippen LogP contribution in [0.5, 0.6) is 11.5 Å². The second-order valence-corrected chi connectivity index (χ2v) is 8.57. The molecule has 4 rings (SSSR count). The maximum Gasteiger partial charge on any atom is 0.284 e. The van der Waals surface area contributed by atoms with Crippen molar-refractivity contribution in [1.82, 2.24) is 5.43 Å². The van der Waals surface area contributed by atoms with Crippen LogP contribution >= 0.6 is 0 Å². The molecule has 1 aromatic heterocycles. The average molecular weight is 449 g/mol. The van der Waals surface area contributed by atoms with Gasteiger partial charge in [0, 0.05) is 17.7 Å². The molecule has 1 N–H and O–H groups in total. The van der Waals surface area contributed by atoms with Crippen molar-refractivity contribution < 1.29 is 23.6 Å². The molecule has 0 fully saturated rings. The number of non-ortho nitro benzene ring substituents is 1. The number of nitrogens with one attached hydrogen (secondary N) is 1. The van der Waals surface area contributed by atoms with E-state index in [0.717, 1.165) is 5.56 Å². The molecule has 0 saturated carbocycles. The predicted octanol–water partition coefficient (Wildman–Crippen LogP) is 4.44. The van der Waals surface area contributed by atoms with Crippen LogP contribution in [0.25, 0.3) is 11.3 Å². The lowest BCUT2D eigenvalue weighted by Crippen LogP contribution is -2.42. The highest BCUT2D eigenvalue weighted by Gasteiger charge is 2.28. The van der Waals surface area contributed by atoms with Crippen LogP contribution in [0.3, 0.4) is 0 Å². The lowest BCUT2D eigenvalue weighted by molar-refractivity contribution is -0.384. The average Bonchev–Trinajstić information content (AvgIpc) is 3.26. The van der Waals surface area contributed by atoms with Gasteiger partial charge in [-0.2, -0.15) is 5.10 Å². The van der Waals surface area contributed by atoms with Gasteiger partial charge in [0.15, 0.2) is 11.5 Å². The van der Waals surface area contributed by atoms with Crippen LogP contribution < -0.4 is 14.9 Å². The third kappa shape index (κ3) is 5.03. The van der Waals surface area contributed by atoms with Crippen molar-refractivity contribution in [3.8, 4) is 22.8 Å². The summed E-state index contributed by atoms with van der Waals surface area (Å²) in [4.78, 5) is 22.8. The van der Waals surface area contributed by atoms with Gasteiger partial charge in [0.2, 0.25) is 6.10 Å². The molecule has 0 spiro atoms. The molecule has 0 aliphatic carbocycles. The molecular formula is C24H23N3O6. The summed E-state index contributed by atoms with van der Waals surface area (Å²) in [6.07, 6.45) is 0.527. The molecule has 3 aromatic rings. The fourth-order valence-electron chi connectivity index (χ4n) is 3.22. The first kappa shape index (κ1) is 22.1. The monoisotopic (exact) mass is 449 g/mol. The van der Waals surface area contributed by atoms with Crippen LogP contribution in [0, 0.1) is 10.1 Å². The Balaban J connectivity index is 1.37. The van der Waals surface area contributed by atoms with E-state index < -0.39 is 16.9 Å². The largest absolute Gasteiger partial charge is 0.485 e. The second-order valence-electron chi connectivity index (χ2n) is 8.57. The number of hydrogen-bond donors (Lipinski definition) is 1. The number of nitro benzene ring substituents is 1. The van der Waals surface area contributed by atoms with Gasteiger partial charge in [-0.25, -0.2) is 5.43 Å². The number of rotatable bonds is 5. The van der Waals surface area contributed by atoms with Crippen LogP contribution in [0.1, 0.15) is 32.1 Å². The lowest BCUT2D eigenvalue weighted by Gasteiger charge is -2.27. The molecule has 9 heteroatoms. The van der Waals surface area contributed by atoms with Crippen molar-refractivity contribution in [3.05, 3.63) is 76.0 Å². The summed E-state index contributed by atoms with van der Waals surface area (Å²) in [5, 5.41) is 14.7. The number of nitrogens with zero attached hydrogens (tertiary/aromatic N) is 2. The van der Waals surface area contributed by atoms with Crippen molar-refractivity contribution in [2.75, 3.05) is 6.61 Å². The molecule has 2 heterocycles. The van der Waals surface area contributed by atoms with Gasteiger partial charge in [-0.15, -0.1) is 0 Å². The van der Waals surface area contributed by atoms with Gasteiger partial charge in [0.05, 0.1) is 11.1 Å². The zero-order chi connectivity index (χ0) is 23.6. The quantitative estimate of drug-likeness (QED) is 0.350. The van der Waals surface area contributed by atoms with E-state index >= 15 is 0 Å². The van der Waals surface area contributed by atoms with Crippen LogP contribution in [0.15, 0.2) is 64.1 Å². The van der Waals surface area contributed by atoms with Crippen LogP contribution in [0.2, 0.25) is 0 Å². The Bertz CT molecular complexity index is 1210. The van der Waals surface area contributed by atoms with Gasteiger partial charge >= 0.3 is 0 Å². The maximum absolute atomic E-state index is 12.5. The first-order chi connectivity index (χ1) is 15.7. The molecule has 1 unspecified atom stereocenters. The minimum Gasteiger partial charge on any atom is -0.485 e. The molecule has 1 atom stereocenters. The van der Waals surface area contributed by atoms with E-state index in [1.807, 2.05) is 18.2 Å². The number of carbonyl (C=O) groups excluding carboxylic acids is 1. The number of ether oxygens (including phenoxy) is 2. The minimum absolute atomic E-state index is 0.000897. The summed E-state index contributed by atoms with van der Waals surface area (Å²) in [7, 11) is 0. The van der Waals surface area contributed by atoms with E-state index in [9.17, 15) is 14.9 Å². The molecule has 1 aliphatic rings. The molecule has 0 saturated heterocycles. The normalized spacial score (nSPS) is 15.4. The topological polar surface area (TPSA) is 116 Å². The summed E-state index contributed by atoms with van der Waals surface area (Å²) >= 11 is 0. The number of carbonyl (C=O) groups is 1. The van der Waals surface area contributed by atoms with Crippen molar-refractivity contribution >= 4 is 17.8 Å². The summed E-state index contributed by atoms with van der Waals surface area (Å²) in [6.45, 7) is 6.37. The highest BCUT2D eigenvalue weighted by molar-refractivity contribution is 5.84. The Morgan fingerprint density at radius 2 is 1.88 bits per heavy atom. The maximum atomic E-state index is 12.5. The minimum atomic E-state index is -0.836. The summed E-state index contributed by atoms with van der Waals surface area (Å²) in [6, 6.07) is 15.1. The Labute approximate surface area is 190 Å². The molecule has 1 amide bonds. The molecule has 2 aromatic carbocycles. The van der Waals surface area contributed by atoms with Gasteiger partial charge in [0.25, 0.3) is 11.6 Å². The second kappa shape index (κ2) is 8.78. The zero-order valence-electron chi connectivity index (χ0n) is 18.4. The van der Waals surface area contributed by atoms with E-state index in [4.69, 9.17) is 13.9 Å². The number of fused-ring (bicyclic) bond motifs is 1. The van der Waals surface area contributed by atoms with E-state index in [1.54, 1.807) is 24.3 Å². The van der Waals surface area contributed by atoms with Gasteiger partial charge in [-0.3, -0.25) is 14.9 Å². The molecule has 170 valence electrons. The van der Waals surface area contributed by atoms with Crippen molar-refractivity contribution in [2.45, 2.75) is 32.3 Å². The number of hydrogen-bond acceptors (Lipinski definition) is 7. The number of amides is 1. The lowest BCUT2D eigenvalue weighted by atomic mass is 9.87. The molecule has 33 heavy (non-hydrogen) atoms. The fraction of sp³-hybridized carbons (Fsp3) is 0.250. The Morgan fingerprint density at radius 3 is 2.58 bits per heavy atom. The van der Waals surface area contributed by atoms with Crippen molar-refractivity contribution in [3.63, 3.8) is 0 Å². The first-order valence-electron chi connectivity index (χ1n) is 10.3. The van der Waals surface area contributed by atoms with Crippen molar-refractivity contribution in [2.24, 2.45) is 5.10 Å². The number of hydrazone groups is 1. The predicted molar refractivity (Wildman–Crippen MR) is 122 cm³/mol. The van der Waals surface area contributed by atoms with Gasteiger partial charge in [-0.05, 0) is 47.4 Å². The van der Waals surface area contributed by atoms with Gasteiger partial charge < -0.3 is 13.9 Å². The smallest absolute Gasteiger partial charge is 0.284 e. The highest BCUT2D eigenvalue weighted by Crippen LogP contribution is 2.36. The Kier molecular flexibility index (Phi) is 5.87. The molecular weight excluding hydrogens is 426 g/mol. The van der Waals surface area contributed by atoms with Crippen LogP contribution in [-0.2, 0) is 10.2 Å². The van der Waals surface area contributed by atoms with Crippen LogP contribution in [0.4, 0.5) is 5.69 Å². The molecule has 1 aliphatic heterocycles. The SMILES string of the molecule is CC(C)(C)c1ccc2c(c1)OC(C(=O)N/N=C\c1ccc(-c3ccc([N+](=O)[O-])cc3)o1)CO2. The summed E-state index contributed by atoms with van der Waals surface area (Å²) in [5.41, 5.74) is 4.14. The van der Waals surface area contributed by atoms with E-state index in [0.29, 0.717) is 28.6 Å². The zero-order valence-corrected chi connectivity index (χ0v) is 18.4. The fourth-order valence-corrected chi connectivity index (χ4v) is 3.22. The Hall–Kier alpha value is -4.14. The molecule has 0 bridgehead atoms. The van der Waals surface area contributed by atoms with Gasteiger partial charge in [-0.1, -0.05) is 26.8 Å². The van der Waals surface area contributed by atoms with E-state index in [2.05, 4.69) is 31.3 Å². The number of furan rings is 1. The molecule has 9 nitrogen and oxygen atoms in total. The third-order valence-electron chi connectivity index (χ3n) is 5.12. The standard InChI is InChI=1S/C24H23N3O6/c1-24(2,3)16-6-10-20-21(12-16)33-22(14-31-20)23(28)26-25-13-18-9-11-19(32-18)15-4-7-17(8-5-15)27(29)30/h4-13,22H,14H2,1-3H3,(H,26,28)/b25-13-. The van der Waals surface area contributed by atoms with E-state index in [-0.39, 0.29) is 17.7 Å². The summed E-state index contributed by atoms with van der Waals surface area (Å²) in [5.74, 6) is 1.61. The first-order valence-corrected chi connectivity index (χ1v) is 10.3.